The fourth-order valence-electron chi connectivity index (χ4n) is 5.36. The summed E-state index contributed by atoms with van der Waals surface area (Å²) < 4.78 is 22.4. The van der Waals surface area contributed by atoms with Crippen molar-refractivity contribution in [2.45, 2.75) is 57.1 Å². The molecule has 9 nitrogen and oxygen atoms in total. The number of nitrogens with two attached hydrogens (primary N) is 3. The van der Waals surface area contributed by atoms with Gasteiger partial charge in [-0.2, -0.15) is 4.98 Å². The summed E-state index contributed by atoms with van der Waals surface area (Å²) >= 11 is 6.24. The van der Waals surface area contributed by atoms with Crippen LogP contribution in [0.2, 0.25) is 5.02 Å². The maximum Gasteiger partial charge on any atom is 0.354 e. The second-order valence-electron chi connectivity index (χ2n) is 10.8. The fourth-order valence-corrected chi connectivity index (χ4v) is 5.60. The van der Waals surface area contributed by atoms with Gasteiger partial charge in [0.05, 0.1) is 29.1 Å². The first-order chi connectivity index (χ1) is 19.7. The molecule has 1 saturated heterocycles. The molecule has 41 heavy (non-hydrogen) atoms. The second kappa shape index (κ2) is 12.4. The summed E-state index contributed by atoms with van der Waals surface area (Å²) in [6, 6.07) is 13.2. The van der Waals surface area contributed by atoms with Gasteiger partial charge in [-0.1, -0.05) is 23.7 Å². The van der Waals surface area contributed by atoms with E-state index in [0.717, 1.165) is 43.2 Å². The lowest BCUT2D eigenvalue weighted by atomic mass is 9.88. The molecule has 5 rings (SSSR count). The zero-order valence-corrected chi connectivity index (χ0v) is 23.7. The standard InChI is InChI=1S/C30H35ClFN7O2/c1-17(33)3-2-4-18-11-24(27(32)25(31)12-18)26-14-21-16-39(30(40)38-28(21)37-26)22-7-5-19(6-8-22)20-9-10-41-23(13-20)15-36-29(34)35/h5-8,11-12,14,16-17,20,23H,2-4,9-10,13,15,33H2,1H3,(H4,34,35,36)(H,37,38,40)/t17-,20+,23+/m0/s1. The number of benzene rings is 2. The van der Waals surface area contributed by atoms with Crippen molar-refractivity contribution in [3.05, 3.63) is 81.1 Å². The number of aliphatic imine (C=N–C) groups is 1. The van der Waals surface area contributed by atoms with Gasteiger partial charge >= 0.3 is 5.69 Å². The number of H-pyrrole nitrogens is 1. The molecule has 3 atom stereocenters. The van der Waals surface area contributed by atoms with Crippen molar-refractivity contribution in [3.63, 3.8) is 0 Å². The van der Waals surface area contributed by atoms with E-state index in [9.17, 15) is 4.79 Å². The average molecular weight is 580 g/mol. The van der Waals surface area contributed by atoms with Gasteiger partial charge in [-0.25, -0.2) is 9.18 Å². The van der Waals surface area contributed by atoms with Gasteiger partial charge in [0.1, 0.15) is 5.65 Å². The molecule has 2 aromatic heterocycles. The number of ether oxygens (including phenoxy) is 1. The summed E-state index contributed by atoms with van der Waals surface area (Å²) in [6.45, 7) is 3.03. The van der Waals surface area contributed by atoms with Gasteiger partial charge in [0.2, 0.25) is 0 Å². The van der Waals surface area contributed by atoms with E-state index in [-0.39, 0.29) is 23.1 Å². The van der Waals surface area contributed by atoms with E-state index in [4.69, 9.17) is 33.5 Å². The molecule has 2 aromatic carbocycles. The van der Waals surface area contributed by atoms with Gasteiger partial charge in [0.15, 0.2) is 11.8 Å². The summed E-state index contributed by atoms with van der Waals surface area (Å²) in [5, 5.41) is 0.727. The van der Waals surface area contributed by atoms with Gasteiger partial charge in [-0.05, 0) is 86.4 Å². The molecule has 0 unspecified atom stereocenters. The largest absolute Gasteiger partial charge is 0.376 e. The molecule has 0 radical (unpaired) electrons. The lowest BCUT2D eigenvalue weighted by Crippen LogP contribution is -2.30. The van der Waals surface area contributed by atoms with Crippen LogP contribution in [-0.2, 0) is 11.2 Å². The number of hydrogen-bond donors (Lipinski definition) is 4. The third kappa shape index (κ3) is 6.78. The van der Waals surface area contributed by atoms with Crippen LogP contribution in [0.3, 0.4) is 0 Å². The quantitative estimate of drug-likeness (QED) is 0.171. The number of aryl methyl sites for hydroxylation is 1. The number of fused-ring (bicyclic) bond motifs is 1. The Morgan fingerprint density at radius 2 is 2.05 bits per heavy atom. The normalized spacial score (nSPS) is 18.0. The Balaban J connectivity index is 1.38. The van der Waals surface area contributed by atoms with Crippen LogP contribution in [0, 0.1) is 5.82 Å². The summed E-state index contributed by atoms with van der Waals surface area (Å²) in [7, 11) is 0. The average Bonchev–Trinajstić information content (AvgIpc) is 3.36. The number of nitrogens with zero attached hydrogens (tertiary/aromatic N) is 3. The summed E-state index contributed by atoms with van der Waals surface area (Å²) in [5.41, 5.74) is 20.3. The van der Waals surface area contributed by atoms with Gasteiger partial charge < -0.3 is 26.9 Å². The fraction of sp³-hybridized carbons (Fsp3) is 0.367. The van der Waals surface area contributed by atoms with Crippen molar-refractivity contribution in [1.29, 1.82) is 0 Å². The van der Waals surface area contributed by atoms with Crippen molar-refractivity contribution in [2.24, 2.45) is 22.2 Å². The first-order valence-corrected chi connectivity index (χ1v) is 14.2. The summed E-state index contributed by atoms with van der Waals surface area (Å²) in [4.78, 5) is 24.4. The molecule has 0 amide bonds. The van der Waals surface area contributed by atoms with E-state index in [2.05, 4.69) is 15.0 Å². The highest BCUT2D eigenvalue weighted by molar-refractivity contribution is 6.31. The van der Waals surface area contributed by atoms with E-state index in [0.29, 0.717) is 47.0 Å². The summed E-state index contributed by atoms with van der Waals surface area (Å²) in [6.07, 6.45) is 5.85. The van der Waals surface area contributed by atoms with Crippen molar-refractivity contribution in [3.8, 4) is 16.9 Å². The van der Waals surface area contributed by atoms with Crippen molar-refractivity contribution < 1.29 is 9.13 Å². The van der Waals surface area contributed by atoms with Crippen LogP contribution in [0.25, 0.3) is 28.0 Å². The molecular weight excluding hydrogens is 545 g/mol. The Labute approximate surface area is 242 Å². The smallest absolute Gasteiger partial charge is 0.354 e. The van der Waals surface area contributed by atoms with Crippen LogP contribution < -0.4 is 22.9 Å². The number of hydrogen-bond acceptors (Lipinski definition) is 5. The highest BCUT2D eigenvalue weighted by Gasteiger charge is 2.24. The van der Waals surface area contributed by atoms with E-state index in [1.54, 1.807) is 24.4 Å². The SMILES string of the molecule is C[C@H](N)CCCc1cc(Cl)c(F)c(-c2cc3cn(-c4ccc([C@@H]5CCO[C@@H](CN=C(N)N)C5)cc4)c(=O)nc3[nH]2)c1. The molecule has 7 N–H and O–H groups in total. The number of nitrogens with one attached hydrogen (secondary N) is 1. The zero-order chi connectivity index (χ0) is 29.1. The van der Waals surface area contributed by atoms with Crippen molar-refractivity contribution in [1.82, 2.24) is 14.5 Å². The number of aromatic nitrogens is 3. The third-order valence-corrected chi connectivity index (χ3v) is 7.77. The highest BCUT2D eigenvalue weighted by Crippen LogP contribution is 2.32. The molecule has 0 spiro atoms. The molecule has 1 fully saturated rings. The Morgan fingerprint density at radius 1 is 1.27 bits per heavy atom. The number of aromatic amines is 1. The van der Waals surface area contributed by atoms with Gasteiger partial charge in [-0.3, -0.25) is 9.56 Å². The van der Waals surface area contributed by atoms with E-state index < -0.39 is 11.5 Å². The van der Waals surface area contributed by atoms with Crippen LogP contribution in [-0.4, -0.2) is 45.8 Å². The lowest BCUT2D eigenvalue weighted by molar-refractivity contribution is 0.0128. The number of rotatable bonds is 9. The first kappa shape index (κ1) is 28.8. The minimum atomic E-state index is -0.520. The summed E-state index contributed by atoms with van der Waals surface area (Å²) in [5.74, 6) is -0.160. The zero-order valence-electron chi connectivity index (χ0n) is 22.9. The Bertz CT molecular complexity index is 1610. The van der Waals surface area contributed by atoms with Crippen LogP contribution in [0.15, 0.2) is 58.4 Å². The number of halogens is 2. The van der Waals surface area contributed by atoms with Crippen LogP contribution in [0.5, 0.6) is 0 Å². The molecule has 0 bridgehead atoms. The van der Waals surface area contributed by atoms with E-state index >= 15 is 4.39 Å². The third-order valence-electron chi connectivity index (χ3n) is 7.50. The Hall–Kier alpha value is -3.73. The topological polar surface area (TPSA) is 150 Å². The maximum absolute atomic E-state index is 15.1. The molecule has 11 heteroatoms. The molecule has 0 aliphatic carbocycles. The minimum absolute atomic E-state index is 0.0393. The van der Waals surface area contributed by atoms with Crippen LogP contribution in [0.4, 0.5) is 4.39 Å². The Morgan fingerprint density at radius 3 is 2.78 bits per heavy atom. The van der Waals surface area contributed by atoms with E-state index in [1.165, 1.54) is 4.57 Å². The molecular formula is C30H35ClFN7O2. The van der Waals surface area contributed by atoms with Crippen molar-refractivity contribution >= 4 is 28.6 Å². The first-order valence-electron chi connectivity index (χ1n) is 13.8. The molecule has 4 aromatic rings. The molecule has 216 valence electrons. The highest BCUT2D eigenvalue weighted by atomic mass is 35.5. The molecule has 0 saturated carbocycles. The van der Waals surface area contributed by atoms with Gasteiger partial charge in [0.25, 0.3) is 0 Å². The van der Waals surface area contributed by atoms with Crippen molar-refractivity contribution in [2.75, 3.05) is 13.2 Å². The van der Waals surface area contributed by atoms with Crippen LogP contribution >= 0.6 is 11.6 Å². The predicted molar refractivity (Wildman–Crippen MR) is 161 cm³/mol. The van der Waals surface area contributed by atoms with Gasteiger partial charge in [0, 0.05) is 29.8 Å². The Kier molecular flexibility index (Phi) is 8.72. The second-order valence-corrected chi connectivity index (χ2v) is 11.2. The lowest BCUT2D eigenvalue weighted by Gasteiger charge is -2.29. The molecule has 3 heterocycles. The van der Waals surface area contributed by atoms with Crippen LogP contribution in [0.1, 0.15) is 49.7 Å². The van der Waals surface area contributed by atoms with Gasteiger partial charge in [-0.15, -0.1) is 0 Å². The maximum atomic E-state index is 15.1. The predicted octanol–water partition coefficient (Wildman–Crippen LogP) is 4.38. The minimum Gasteiger partial charge on any atom is -0.376 e. The molecule has 1 aliphatic heterocycles. The van der Waals surface area contributed by atoms with E-state index in [1.807, 2.05) is 31.2 Å². The monoisotopic (exact) mass is 579 g/mol. The molecule has 1 aliphatic rings. The number of guanidine groups is 1.